The van der Waals surface area contributed by atoms with Crippen molar-refractivity contribution in [2.45, 2.75) is 53.4 Å². The van der Waals surface area contributed by atoms with Crippen LogP contribution in [0.25, 0.3) is 5.57 Å². The van der Waals surface area contributed by atoms with E-state index in [0.717, 1.165) is 54.6 Å². The molecule has 0 bridgehead atoms. The number of phenolic OH excluding ortho intramolecular Hbond substituents is 1. The SMILES string of the molecule is C=C(C1=C(C)C=CC(C)C=C1)c1cc2c3c(c1O)CCCN3CCC2.CC. The number of hydrogen-bond acceptors (Lipinski definition) is 2. The smallest absolute Gasteiger partial charge is 0.128 e. The zero-order chi connectivity index (χ0) is 19.6. The van der Waals surface area contributed by atoms with Gasteiger partial charge in [0.2, 0.25) is 0 Å². The second-order valence-corrected chi connectivity index (χ2v) is 7.61. The van der Waals surface area contributed by atoms with E-state index in [4.69, 9.17) is 0 Å². The molecule has 0 radical (unpaired) electrons. The molecule has 0 saturated carbocycles. The number of benzene rings is 1. The summed E-state index contributed by atoms with van der Waals surface area (Å²) in [6, 6.07) is 2.19. The molecule has 1 aromatic rings. The summed E-state index contributed by atoms with van der Waals surface area (Å²) >= 11 is 0. The molecule has 0 spiro atoms. The average Bonchev–Trinajstić information content (AvgIpc) is 2.87. The molecule has 2 heterocycles. The molecule has 0 fully saturated rings. The third-order valence-corrected chi connectivity index (χ3v) is 5.79. The van der Waals surface area contributed by atoms with Crippen molar-refractivity contribution < 1.29 is 5.11 Å². The van der Waals surface area contributed by atoms with Crippen LogP contribution in [0.5, 0.6) is 5.75 Å². The normalized spacial score (nSPS) is 20.6. The van der Waals surface area contributed by atoms with Gasteiger partial charge in [-0.1, -0.05) is 51.7 Å². The fourth-order valence-corrected chi connectivity index (χ4v) is 4.39. The highest BCUT2D eigenvalue weighted by atomic mass is 16.3. The van der Waals surface area contributed by atoms with E-state index >= 15 is 0 Å². The number of allylic oxidation sites excluding steroid dienone is 7. The number of aromatic hydroxyl groups is 1. The molecule has 4 rings (SSSR count). The predicted molar refractivity (Wildman–Crippen MR) is 117 cm³/mol. The molecule has 27 heavy (non-hydrogen) atoms. The Kier molecular flexibility index (Phi) is 5.94. The van der Waals surface area contributed by atoms with E-state index in [1.165, 1.54) is 23.2 Å². The first kappa shape index (κ1) is 19.5. The van der Waals surface area contributed by atoms with Crippen molar-refractivity contribution in [3.05, 3.63) is 64.8 Å². The average molecular weight is 364 g/mol. The molecule has 2 aliphatic heterocycles. The standard InChI is InChI=1S/C23H27NO.C2H6/c1-15-8-10-16(2)19(11-9-15)17(3)21-14-18-6-4-12-24-13-5-7-20(22(18)24)23(21)25;1-2/h8-11,14-15,25H,3-7,12-13H2,1-2H3;1-2H3. The van der Waals surface area contributed by atoms with Gasteiger partial charge in [0.25, 0.3) is 0 Å². The van der Waals surface area contributed by atoms with E-state index in [-0.39, 0.29) is 0 Å². The minimum Gasteiger partial charge on any atom is -0.507 e. The van der Waals surface area contributed by atoms with Crippen molar-refractivity contribution in [2.75, 3.05) is 18.0 Å². The van der Waals surface area contributed by atoms with Crippen molar-refractivity contribution in [2.24, 2.45) is 5.92 Å². The van der Waals surface area contributed by atoms with Gasteiger partial charge in [-0.25, -0.2) is 0 Å². The zero-order valence-corrected chi connectivity index (χ0v) is 17.3. The maximum atomic E-state index is 11.1. The van der Waals surface area contributed by atoms with Crippen molar-refractivity contribution in [3.63, 3.8) is 0 Å². The summed E-state index contributed by atoms with van der Waals surface area (Å²) < 4.78 is 0. The molecule has 0 saturated heterocycles. The summed E-state index contributed by atoms with van der Waals surface area (Å²) in [5.41, 5.74) is 8.02. The first-order chi connectivity index (χ1) is 13.1. The lowest BCUT2D eigenvalue weighted by Crippen LogP contribution is -2.34. The summed E-state index contributed by atoms with van der Waals surface area (Å²) in [7, 11) is 0. The van der Waals surface area contributed by atoms with E-state index in [0.29, 0.717) is 11.7 Å². The van der Waals surface area contributed by atoms with Gasteiger partial charge in [-0.2, -0.15) is 0 Å². The van der Waals surface area contributed by atoms with Crippen LogP contribution >= 0.6 is 0 Å². The molecular formula is C25H33NO. The number of rotatable bonds is 2. The molecule has 1 atom stereocenters. The maximum Gasteiger partial charge on any atom is 0.128 e. The van der Waals surface area contributed by atoms with Crippen LogP contribution in [0.2, 0.25) is 0 Å². The highest BCUT2D eigenvalue weighted by Crippen LogP contribution is 2.45. The largest absolute Gasteiger partial charge is 0.507 e. The van der Waals surface area contributed by atoms with Crippen LogP contribution in [-0.4, -0.2) is 18.2 Å². The third-order valence-electron chi connectivity index (χ3n) is 5.79. The lowest BCUT2D eigenvalue weighted by atomic mass is 9.85. The Morgan fingerprint density at radius 3 is 2.52 bits per heavy atom. The minimum atomic E-state index is 0.423. The lowest BCUT2D eigenvalue weighted by Gasteiger charge is -2.37. The second kappa shape index (κ2) is 8.21. The maximum absolute atomic E-state index is 11.1. The molecule has 2 nitrogen and oxygen atoms in total. The van der Waals surface area contributed by atoms with Crippen LogP contribution < -0.4 is 4.90 Å². The van der Waals surface area contributed by atoms with E-state index in [1.54, 1.807) is 0 Å². The molecule has 1 unspecified atom stereocenters. The molecule has 1 N–H and O–H groups in total. The van der Waals surface area contributed by atoms with Gasteiger partial charge in [0, 0.05) is 29.9 Å². The molecule has 2 heteroatoms. The fraction of sp³-hybridized carbons (Fsp3) is 0.440. The quantitative estimate of drug-likeness (QED) is 0.675. The van der Waals surface area contributed by atoms with Crippen LogP contribution in [-0.2, 0) is 12.8 Å². The van der Waals surface area contributed by atoms with Crippen molar-refractivity contribution in [1.82, 2.24) is 0 Å². The van der Waals surface area contributed by atoms with Crippen molar-refractivity contribution in [3.8, 4) is 5.75 Å². The number of phenols is 1. The van der Waals surface area contributed by atoms with E-state index < -0.39 is 0 Å². The molecule has 0 aromatic heterocycles. The van der Waals surface area contributed by atoms with Crippen LogP contribution in [0.3, 0.4) is 0 Å². The number of nitrogens with zero attached hydrogens (tertiary/aromatic N) is 1. The van der Waals surface area contributed by atoms with Crippen LogP contribution in [0.1, 0.15) is 57.2 Å². The Bertz CT molecular complexity index is 823. The molecule has 3 aliphatic rings. The number of anilines is 1. The third kappa shape index (κ3) is 3.63. The Morgan fingerprint density at radius 2 is 1.78 bits per heavy atom. The van der Waals surface area contributed by atoms with Gasteiger partial charge in [0.05, 0.1) is 0 Å². The topological polar surface area (TPSA) is 23.5 Å². The lowest BCUT2D eigenvalue weighted by molar-refractivity contribution is 0.461. The molecular weight excluding hydrogens is 330 g/mol. The van der Waals surface area contributed by atoms with E-state index in [9.17, 15) is 5.11 Å². The Hall–Kier alpha value is -2.22. The molecule has 1 aromatic carbocycles. The fourth-order valence-electron chi connectivity index (χ4n) is 4.39. The number of hydrogen-bond donors (Lipinski definition) is 1. The number of aryl methyl sites for hydroxylation is 1. The highest BCUT2D eigenvalue weighted by Gasteiger charge is 2.28. The first-order valence-electron chi connectivity index (χ1n) is 10.5. The summed E-state index contributed by atoms with van der Waals surface area (Å²) in [5.74, 6) is 0.873. The second-order valence-electron chi connectivity index (χ2n) is 7.61. The zero-order valence-electron chi connectivity index (χ0n) is 17.3. The highest BCUT2D eigenvalue weighted by molar-refractivity contribution is 5.87. The van der Waals surface area contributed by atoms with Gasteiger partial charge in [-0.05, 0) is 66.9 Å². The van der Waals surface area contributed by atoms with E-state index in [1.807, 2.05) is 13.8 Å². The van der Waals surface area contributed by atoms with Gasteiger partial charge in [0.15, 0.2) is 0 Å². The van der Waals surface area contributed by atoms with Gasteiger partial charge in [0.1, 0.15) is 5.75 Å². The van der Waals surface area contributed by atoms with Crippen LogP contribution in [0.15, 0.2) is 48.1 Å². The molecule has 1 aliphatic carbocycles. The van der Waals surface area contributed by atoms with Gasteiger partial charge in [-0.15, -0.1) is 0 Å². The first-order valence-corrected chi connectivity index (χ1v) is 10.5. The summed E-state index contributed by atoms with van der Waals surface area (Å²) in [5, 5.41) is 11.1. The van der Waals surface area contributed by atoms with Gasteiger partial charge in [-0.3, -0.25) is 0 Å². The Labute approximate surface area is 164 Å². The van der Waals surface area contributed by atoms with Crippen molar-refractivity contribution >= 4 is 11.3 Å². The van der Waals surface area contributed by atoms with Crippen LogP contribution in [0.4, 0.5) is 5.69 Å². The summed E-state index contributed by atoms with van der Waals surface area (Å²) in [6.07, 6.45) is 13.1. The molecule has 0 amide bonds. The van der Waals surface area contributed by atoms with Crippen molar-refractivity contribution in [1.29, 1.82) is 0 Å². The summed E-state index contributed by atoms with van der Waals surface area (Å²) in [4.78, 5) is 2.46. The predicted octanol–water partition coefficient (Wildman–Crippen LogP) is 6.21. The molecule has 144 valence electrons. The minimum absolute atomic E-state index is 0.423. The summed E-state index contributed by atoms with van der Waals surface area (Å²) in [6.45, 7) is 14.9. The Balaban J connectivity index is 0.00000102. The monoisotopic (exact) mass is 363 g/mol. The van der Waals surface area contributed by atoms with Gasteiger partial charge < -0.3 is 10.0 Å². The van der Waals surface area contributed by atoms with Crippen LogP contribution in [0, 0.1) is 5.92 Å². The van der Waals surface area contributed by atoms with E-state index in [2.05, 4.69) is 55.7 Å². The van der Waals surface area contributed by atoms with Gasteiger partial charge >= 0.3 is 0 Å². The Morgan fingerprint density at radius 1 is 1.11 bits per heavy atom.